The van der Waals surface area contributed by atoms with Crippen LogP contribution in [0.15, 0.2) is 59.1 Å². The van der Waals surface area contributed by atoms with E-state index in [2.05, 4.69) is 15.0 Å². The van der Waals surface area contributed by atoms with Gasteiger partial charge in [0.2, 0.25) is 11.7 Å². The van der Waals surface area contributed by atoms with Gasteiger partial charge < -0.3 is 14.0 Å². The van der Waals surface area contributed by atoms with Gasteiger partial charge in [0.05, 0.1) is 13.0 Å². The first kappa shape index (κ1) is 17.5. The van der Waals surface area contributed by atoms with Crippen LogP contribution >= 0.6 is 0 Å². The number of para-hydroxylation sites is 1. The molecule has 3 aromatic rings. The summed E-state index contributed by atoms with van der Waals surface area (Å²) in [6, 6.07) is 17.6. The first-order valence-corrected chi connectivity index (χ1v) is 9.20. The van der Waals surface area contributed by atoms with Gasteiger partial charge in [-0.15, -0.1) is 0 Å². The highest BCUT2D eigenvalue weighted by Crippen LogP contribution is 2.28. The molecule has 1 fully saturated rings. The monoisotopic (exact) mass is 365 g/mol. The summed E-state index contributed by atoms with van der Waals surface area (Å²) in [5, 5.41) is 4.15. The highest BCUT2D eigenvalue weighted by Gasteiger charge is 2.28. The van der Waals surface area contributed by atoms with E-state index in [4.69, 9.17) is 14.0 Å². The summed E-state index contributed by atoms with van der Waals surface area (Å²) in [5.74, 6) is 3.28. The van der Waals surface area contributed by atoms with Gasteiger partial charge in [-0.25, -0.2) is 0 Å². The lowest BCUT2D eigenvalue weighted by molar-refractivity contribution is 0.233. The molecule has 0 spiro atoms. The van der Waals surface area contributed by atoms with E-state index in [1.807, 2.05) is 54.6 Å². The zero-order chi connectivity index (χ0) is 18.5. The Hall–Kier alpha value is -2.86. The second-order valence-electron chi connectivity index (χ2n) is 6.64. The van der Waals surface area contributed by atoms with Crippen molar-refractivity contribution in [2.75, 3.05) is 33.4 Å². The topological polar surface area (TPSA) is 60.6 Å². The maximum absolute atomic E-state index is 5.79. The molecule has 1 aromatic heterocycles. The summed E-state index contributed by atoms with van der Waals surface area (Å²) in [7, 11) is 1.65. The second-order valence-corrected chi connectivity index (χ2v) is 6.64. The van der Waals surface area contributed by atoms with E-state index in [0.29, 0.717) is 18.3 Å². The Morgan fingerprint density at radius 2 is 1.96 bits per heavy atom. The first-order valence-electron chi connectivity index (χ1n) is 9.20. The first-order chi connectivity index (χ1) is 13.3. The second kappa shape index (κ2) is 8.22. The minimum Gasteiger partial charge on any atom is -0.497 e. The van der Waals surface area contributed by atoms with Gasteiger partial charge in [0.1, 0.15) is 18.1 Å². The summed E-state index contributed by atoms with van der Waals surface area (Å²) in [6.07, 6.45) is 1.02. The molecule has 0 saturated carbocycles. The molecule has 1 atom stereocenters. The fourth-order valence-electron chi connectivity index (χ4n) is 3.33. The average Bonchev–Trinajstić information content (AvgIpc) is 3.38. The lowest BCUT2D eigenvalue weighted by atomic mass is 10.1. The van der Waals surface area contributed by atoms with Gasteiger partial charge in [-0.1, -0.05) is 35.5 Å². The molecule has 0 unspecified atom stereocenters. The van der Waals surface area contributed by atoms with Crippen LogP contribution < -0.4 is 9.47 Å². The molecule has 27 heavy (non-hydrogen) atoms. The van der Waals surface area contributed by atoms with Crippen molar-refractivity contribution in [2.24, 2.45) is 0 Å². The van der Waals surface area contributed by atoms with Gasteiger partial charge in [0, 0.05) is 18.7 Å². The van der Waals surface area contributed by atoms with Crippen molar-refractivity contribution in [1.82, 2.24) is 15.0 Å². The SMILES string of the molecule is COc1cccc(-c2noc([C@H]3CCN(CCOc4ccccc4)C3)n2)c1. The van der Waals surface area contributed by atoms with Gasteiger partial charge in [-0.3, -0.25) is 4.90 Å². The smallest absolute Gasteiger partial charge is 0.231 e. The quantitative estimate of drug-likeness (QED) is 0.637. The highest BCUT2D eigenvalue weighted by atomic mass is 16.5. The van der Waals surface area contributed by atoms with E-state index in [1.165, 1.54) is 0 Å². The lowest BCUT2D eigenvalue weighted by Gasteiger charge is -2.15. The molecule has 6 nitrogen and oxygen atoms in total. The normalized spacial score (nSPS) is 17.1. The Kier molecular flexibility index (Phi) is 5.34. The highest BCUT2D eigenvalue weighted by molar-refractivity contribution is 5.56. The van der Waals surface area contributed by atoms with Crippen molar-refractivity contribution >= 4 is 0 Å². The van der Waals surface area contributed by atoms with E-state index in [9.17, 15) is 0 Å². The Morgan fingerprint density at radius 3 is 2.81 bits per heavy atom. The van der Waals surface area contributed by atoms with Crippen LogP contribution in [0.25, 0.3) is 11.4 Å². The van der Waals surface area contributed by atoms with E-state index in [1.54, 1.807) is 7.11 Å². The molecule has 0 bridgehead atoms. The maximum Gasteiger partial charge on any atom is 0.231 e. The number of methoxy groups -OCH3 is 1. The van der Waals surface area contributed by atoms with E-state index >= 15 is 0 Å². The molecule has 0 radical (unpaired) electrons. The third-order valence-electron chi connectivity index (χ3n) is 4.81. The molecule has 1 aliphatic rings. The number of ether oxygens (including phenoxy) is 2. The molecule has 0 amide bonds. The standard InChI is InChI=1S/C21H23N3O3/c1-25-19-9-5-6-16(14-19)20-22-21(27-23-20)17-10-11-24(15-17)12-13-26-18-7-3-2-4-8-18/h2-9,14,17H,10-13,15H2,1H3/t17-/m0/s1. The Labute approximate surface area is 158 Å². The van der Waals surface area contributed by atoms with Crippen LogP contribution in [-0.2, 0) is 0 Å². The fraction of sp³-hybridized carbons (Fsp3) is 0.333. The number of hydrogen-bond donors (Lipinski definition) is 0. The largest absolute Gasteiger partial charge is 0.497 e. The van der Waals surface area contributed by atoms with Gasteiger partial charge in [0.15, 0.2) is 0 Å². The van der Waals surface area contributed by atoms with Crippen LogP contribution in [0.2, 0.25) is 0 Å². The Balaban J connectivity index is 1.32. The molecule has 0 N–H and O–H groups in total. The van der Waals surface area contributed by atoms with Crippen molar-refractivity contribution in [2.45, 2.75) is 12.3 Å². The van der Waals surface area contributed by atoms with Gasteiger partial charge >= 0.3 is 0 Å². The van der Waals surface area contributed by atoms with Crippen molar-refractivity contribution in [3.63, 3.8) is 0 Å². The predicted octanol–water partition coefficient (Wildman–Crippen LogP) is 3.61. The van der Waals surface area contributed by atoms with Gasteiger partial charge in [-0.05, 0) is 37.2 Å². The summed E-state index contributed by atoms with van der Waals surface area (Å²) in [5.41, 5.74) is 0.899. The number of benzene rings is 2. The molecular weight excluding hydrogens is 342 g/mol. The van der Waals surface area contributed by atoms with E-state index in [0.717, 1.165) is 43.1 Å². The van der Waals surface area contributed by atoms with Gasteiger partial charge in [-0.2, -0.15) is 4.98 Å². The molecule has 1 aliphatic heterocycles. The van der Waals surface area contributed by atoms with Crippen molar-refractivity contribution < 1.29 is 14.0 Å². The number of aromatic nitrogens is 2. The summed E-state index contributed by atoms with van der Waals surface area (Å²) < 4.78 is 16.6. The van der Waals surface area contributed by atoms with Crippen LogP contribution in [0, 0.1) is 0 Å². The number of likely N-dealkylation sites (tertiary alicyclic amines) is 1. The number of rotatable bonds is 7. The zero-order valence-electron chi connectivity index (χ0n) is 15.4. The molecule has 6 heteroatoms. The third kappa shape index (κ3) is 4.28. The van der Waals surface area contributed by atoms with Crippen LogP contribution in [0.5, 0.6) is 11.5 Å². The molecule has 0 aliphatic carbocycles. The van der Waals surface area contributed by atoms with Crippen LogP contribution in [0.1, 0.15) is 18.2 Å². The van der Waals surface area contributed by atoms with Crippen LogP contribution in [0.3, 0.4) is 0 Å². The summed E-state index contributed by atoms with van der Waals surface area (Å²) in [6.45, 7) is 3.50. The Bertz CT molecular complexity index is 866. The average molecular weight is 365 g/mol. The van der Waals surface area contributed by atoms with Gasteiger partial charge in [0.25, 0.3) is 0 Å². The molecule has 2 heterocycles. The molecule has 1 saturated heterocycles. The fourth-order valence-corrected chi connectivity index (χ4v) is 3.33. The number of hydrogen-bond acceptors (Lipinski definition) is 6. The van der Waals surface area contributed by atoms with Crippen molar-refractivity contribution in [3.05, 3.63) is 60.5 Å². The summed E-state index contributed by atoms with van der Waals surface area (Å²) in [4.78, 5) is 6.99. The van der Waals surface area contributed by atoms with E-state index < -0.39 is 0 Å². The van der Waals surface area contributed by atoms with Crippen molar-refractivity contribution in [3.8, 4) is 22.9 Å². The predicted molar refractivity (Wildman–Crippen MR) is 102 cm³/mol. The summed E-state index contributed by atoms with van der Waals surface area (Å²) >= 11 is 0. The molecular formula is C21H23N3O3. The number of nitrogens with zero attached hydrogens (tertiary/aromatic N) is 3. The zero-order valence-corrected chi connectivity index (χ0v) is 15.4. The van der Waals surface area contributed by atoms with Crippen molar-refractivity contribution in [1.29, 1.82) is 0 Å². The third-order valence-corrected chi connectivity index (χ3v) is 4.81. The maximum atomic E-state index is 5.79. The molecule has 4 rings (SSSR count). The minimum absolute atomic E-state index is 0.272. The minimum atomic E-state index is 0.272. The Morgan fingerprint density at radius 1 is 1.11 bits per heavy atom. The van der Waals surface area contributed by atoms with Crippen LogP contribution in [0.4, 0.5) is 0 Å². The lowest BCUT2D eigenvalue weighted by Crippen LogP contribution is -2.26. The van der Waals surface area contributed by atoms with Crippen LogP contribution in [-0.4, -0.2) is 48.4 Å². The van der Waals surface area contributed by atoms with E-state index in [-0.39, 0.29) is 5.92 Å². The molecule has 2 aromatic carbocycles. The molecule has 140 valence electrons.